The Balaban J connectivity index is 2.75. The predicted octanol–water partition coefficient (Wildman–Crippen LogP) is 2.35. The highest BCUT2D eigenvalue weighted by atomic mass is 32.2. The van der Waals surface area contributed by atoms with Gasteiger partial charge < -0.3 is 0 Å². The van der Waals surface area contributed by atoms with Crippen LogP contribution in [0.3, 0.4) is 0 Å². The van der Waals surface area contributed by atoms with Crippen LogP contribution in [0.25, 0.3) is 0 Å². The van der Waals surface area contributed by atoms with Gasteiger partial charge in [-0.1, -0.05) is 30.0 Å². The van der Waals surface area contributed by atoms with E-state index in [-0.39, 0.29) is 0 Å². The zero-order chi connectivity index (χ0) is 11.3. The van der Waals surface area contributed by atoms with Crippen molar-refractivity contribution in [3.05, 3.63) is 29.6 Å². The van der Waals surface area contributed by atoms with E-state index in [9.17, 15) is 0 Å². The Hall–Kier alpha value is -0.940. The molecular formula is C10H13N3S2. The van der Waals surface area contributed by atoms with E-state index in [0.717, 1.165) is 17.1 Å². The number of hydrazone groups is 1. The van der Waals surface area contributed by atoms with Crippen LogP contribution in [0.2, 0.25) is 0 Å². The van der Waals surface area contributed by atoms with Crippen LogP contribution >= 0.6 is 24.0 Å². The Morgan fingerprint density at radius 1 is 1.53 bits per heavy atom. The molecule has 0 atom stereocenters. The molecule has 0 aliphatic rings. The second kappa shape index (κ2) is 5.82. The second-order valence-electron chi connectivity index (χ2n) is 2.96. The number of hydrogen-bond acceptors (Lipinski definition) is 4. The Morgan fingerprint density at radius 3 is 2.87 bits per heavy atom. The highest BCUT2D eigenvalue weighted by Gasteiger charge is 1.99. The standard InChI is InChI=1S/C10H13N3S2/c1-7-5-4-6-9(11-7)8(2)12-13-10(14)15-3/h4-6H,1-3H3,(H,13,14)/b12-8+. The Morgan fingerprint density at radius 2 is 2.27 bits per heavy atom. The summed E-state index contributed by atoms with van der Waals surface area (Å²) in [5.41, 5.74) is 5.47. The number of thioether (sulfide) groups is 1. The van der Waals surface area contributed by atoms with Gasteiger partial charge in [0.2, 0.25) is 0 Å². The first kappa shape index (κ1) is 12.1. The minimum Gasteiger partial charge on any atom is -0.262 e. The van der Waals surface area contributed by atoms with Crippen molar-refractivity contribution >= 4 is 34.0 Å². The molecule has 0 aliphatic heterocycles. The summed E-state index contributed by atoms with van der Waals surface area (Å²) in [6.45, 7) is 3.86. The molecule has 0 bridgehead atoms. The molecule has 1 aromatic rings. The molecule has 0 saturated carbocycles. The number of nitrogens with zero attached hydrogens (tertiary/aromatic N) is 2. The van der Waals surface area contributed by atoms with Gasteiger partial charge in [0.05, 0.1) is 11.4 Å². The average Bonchev–Trinajstić information content (AvgIpc) is 2.25. The molecule has 1 N–H and O–H groups in total. The molecule has 15 heavy (non-hydrogen) atoms. The van der Waals surface area contributed by atoms with Gasteiger partial charge in [-0.2, -0.15) is 5.10 Å². The fourth-order valence-electron chi connectivity index (χ4n) is 0.977. The molecule has 5 heteroatoms. The molecule has 0 fully saturated rings. The van der Waals surface area contributed by atoms with Crippen molar-refractivity contribution in [2.75, 3.05) is 6.26 Å². The van der Waals surface area contributed by atoms with Crippen LogP contribution in [0.4, 0.5) is 0 Å². The summed E-state index contributed by atoms with van der Waals surface area (Å²) in [5, 5.41) is 4.15. The number of pyridine rings is 1. The van der Waals surface area contributed by atoms with Gasteiger partial charge in [-0.05, 0) is 32.2 Å². The monoisotopic (exact) mass is 239 g/mol. The van der Waals surface area contributed by atoms with Crippen LogP contribution in [0, 0.1) is 6.92 Å². The SMILES string of the molecule is CSC(=S)N/N=C(\C)c1cccc(C)n1. The molecular weight excluding hydrogens is 226 g/mol. The number of aromatic nitrogens is 1. The van der Waals surface area contributed by atoms with Crippen LogP contribution < -0.4 is 5.43 Å². The van der Waals surface area contributed by atoms with Gasteiger partial charge in [0.25, 0.3) is 0 Å². The first-order chi connectivity index (χ1) is 7.13. The summed E-state index contributed by atoms with van der Waals surface area (Å²) in [5.74, 6) is 0. The third-order valence-electron chi connectivity index (χ3n) is 1.76. The topological polar surface area (TPSA) is 37.3 Å². The van der Waals surface area contributed by atoms with E-state index in [1.165, 1.54) is 11.8 Å². The summed E-state index contributed by atoms with van der Waals surface area (Å²) in [6, 6.07) is 5.84. The van der Waals surface area contributed by atoms with Crippen LogP contribution in [-0.2, 0) is 0 Å². The smallest absolute Gasteiger partial charge is 0.153 e. The van der Waals surface area contributed by atoms with Crippen molar-refractivity contribution in [3.8, 4) is 0 Å². The Kier molecular flexibility index (Phi) is 4.71. The highest BCUT2D eigenvalue weighted by molar-refractivity contribution is 8.22. The minimum absolute atomic E-state index is 0.655. The molecule has 0 aromatic carbocycles. The quantitative estimate of drug-likeness (QED) is 0.488. The minimum atomic E-state index is 0.655. The van der Waals surface area contributed by atoms with Crippen LogP contribution in [0.5, 0.6) is 0 Å². The molecule has 80 valence electrons. The van der Waals surface area contributed by atoms with Crippen molar-refractivity contribution in [1.82, 2.24) is 10.4 Å². The van der Waals surface area contributed by atoms with Gasteiger partial charge in [-0.15, -0.1) is 0 Å². The predicted molar refractivity (Wildman–Crippen MR) is 70.4 cm³/mol. The lowest BCUT2D eigenvalue weighted by molar-refractivity contribution is 1.05. The number of thiocarbonyl (C=S) groups is 1. The van der Waals surface area contributed by atoms with Gasteiger partial charge in [0.15, 0.2) is 4.32 Å². The number of aryl methyl sites for hydroxylation is 1. The summed E-state index contributed by atoms with van der Waals surface area (Å²) in [7, 11) is 0. The molecule has 0 radical (unpaired) electrons. The zero-order valence-electron chi connectivity index (χ0n) is 8.94. The van der Waals surface area contributed by atoms with E-state index in [2.05, 4.69) is 15.5 Å². The molecule has 3 nitrogen and oxygen atoms in total. The van der Waals surface area contributed by atoms with Gasteiger partial charge in [0, 0.05) is 5.69 Å². The summed E-state index contributed by atoms with van der Waals surface area (Å²) in [6.07, 6.45) is 1.91. The molecule has 0 saturated heterocycles. The molecule has 1 aromatic heterocycles. The highest BCUT2D eigenvalue weighted by Crippen LogP contribution is 2.00. The van der Waals surface area contributed by atoms with Gasteiger partial charge >= 0.3 is 0 Å². The largest absolute Gasteiger partial charge is 0.262 e. The molecule has 0 unspecified atom stereocenters. The van der Waals surface area contributed by atoms with Crippen LogP contribution in [-0.4, -0.2) is 21.3 Å². The number of nitrogens with one attached hydrogen (secondary N) is 1. The summed E-state index contributed by atoms with van der Waals surface area (Å²) in [4.78, 5) is 4.36. The Labute approximate surface area is 99.4 Å². The number of rotatable bonds is 2. The Bertz CT molecular complexity index is 388. The third kappa shape index (κ3) is 3.97. The van der Waals surface area contributed by atoms with Crippen molar-refractivity contribution < 1.29 is 0 Å². The normalized spacial score (nSPS) is 11.3. The first-order valence-corrected chi connectivity index (χ1v) is 6.09. The lowest BCUT2D eigenvalue weighted by atomic mass is 10.2. The lowest BCUT2D eigenvalue weighted by Gasteiger charge is -2.02. The van der Waals surface area contributed by atoms with Crippen molar-refractivity contribution in [3.63, 3.8) is 0 Å². The van der Waals surface area contributed by atoms with Gasteiger partial charge in [0.1, 0.15) is 0 Å². The van der Waals surface area contributed by atoms with E-state index < -0.39 is 0 Å². The third-order valence-corrected chi connectivity index (χ3v) is 2.81. The summed E-state index contributed by atoms with van der Waals surface area (Å²) < 4.78 is 0.655. The molecule has 1 rings (SSSR count). The number of hydrogen-bond donors (Lipinski definition) is 1. The maximum Gasteiger partial charge on any atom is 0.153 e. The molecule has 0 spiro atoms. The van der Waals surface area contributed by atoms with E-state index in [1.54, 1.807) is 0 Å². The zero-order valence-corrected chi connectivity index (χ0v) is 10.6. The maximum absolute atomic E-state index is 4.97. The molecule has 1 heterocycles. The van der Waals surface area contributed by atoms with Gasteiger partial charge in [-0.3, -0.25) is 10.4 Å². The van der Waals surface area contributed by atoms with Crippen LogP contribution in [0.1, 0.15) is 18.3 Å². The lowest BCUT2D eigenvalue weighted by Crippen LogP contribution is -2.14. The maximum atomic E-state index is 4.97. The van der Waals surface area contributed by atoms with Crippen molar-refractivity contribution in [2.45, 2.75) is 13.8 Å². The van der Waals surface area contributed by atoms with Crippen molar-refractivity contribution in [2.24, 2.45) is 5.10 Å². The fourth-order valence-corrected chi connectivity index (χ4v) is 1.16. The van der Waals surface area contributed by atoms with E-state index in [0.29, 0.717) is 4.32 Å². The fraction of sp³-hybridized carbons (Fsp3) is 0.300. The van der Waals surface area contributed by atoms with Gasteiger partial charge in [-0.25, -0.2) is 0 Å². The van der Waals surface area contributed by atoms with E-state index >= 15 is 0 Å². The average molecular weight is 239 g/mol. The second-order valence-corrected chi connectivity index (χ2v) is 4.45. The molecule has 0 aliphatic carbocycles. The van der Waals surface area contributed by atoms with Crippen molar-refractivity contribution in [1.29, 1.82) is 0 Å². The first-order valence-electron chi connectivity index (χ1n) is 4.45. The molecule has 0 amide bonds. The summed E-state index contributed by atoms with van der Waals surface area (Å²) >= 11 is 6.43. The van der Waals surface area contributed by atoms with Crippen LogP contribution in [0.15, 0.2) is 23.3 Å². The van der Waals surface area contributed by atoms with E-state index in [1.807, 2.05) is 38.3 Å². The van der Waals surface area contributed by atoms with E-state index in [4.69, 9.17) is 12.2 Å².